The Balaban J connectivity index is 1.65. The summed E-state index contributed by atoms with van der Waals surface area (Å²) in [5, 5.41) is 24.7. The second kappa shape index (κ2) is 7.58. The molecule has 3 N–H and O–H groups in total. The zero-order valence-electron chi connectivity index (χ0n) is 19.7. The highest BCUT2D eigenvalue weighted by Gasteiger charge is 2.26. The van der Waals surface area contributed by atoms with Crippen molar-refractivity contribution in [3.8, 4) is 5.75 Å². The number of hydrazone groups is 1. The SMILES string of the molecule is Cc1cccc2c1[nH]c1nc(N/N=C\c3cc(C(C)(C)C)c(O)c(C(C)(C)C)c3)nnc12. The van der Waals surface area contributed by atoms with Gasteiger partial charge in [0.15, 0.2) is 5.65 Å². The van der Waals surface area contributed by atoms with Gasteiger partial charge in [-0.25, -0.2) is 5.43 Å². The molecule has 0 spiro atoms. The maximum Gasteiger partial charge on any atom is 0.265 e. The minimum atomic E-state index is -0.201. The van der Waals surface area contributed by atoms with Gasteiger partial charge >= 0.3 is 0 Å². The third kappa shape index (κ3) is 4.02. The van der Waals surface area contributed by atoms with Crippen molar-refractivity contribution < 1.29 is 5.11 Å². The molecule has 0 amide bonds. The van der Waals surface area contributed by atoms with Gasteiger partial charge in [-0.2, -0.15) is 10.1 Å². The molecule has 166 valence electrons. The van der Waals surface area contributed by atoms with Crippen molar-refractivity contribution >= 4 is 34.2 Å². The van der Waals surface area contributed by atoms with Crippen molar-refractivity contribution in [2.75, 3.05) is 5.43 Å². The van der Waals surface area contributed by atoms with E-state index in [1.165, 1.54) is 0 Å². The third-order valence-electron chi connectivity index (χ3n) is 5.58. The van der Waals surface area contributed by atoms with Gasteiger partial charge in [0, 0.05) is 16.5 Å². The zero-order chi connectivity index (χ0) is 23.3. The molecule has 0 atom stereocenters. The minimum Gasteiger partial charge on any atom is -0.507 e. The maximum atomic E-state index is 10.9. The highest BCUT2D eigenvalue weighted by Crippen LogP contribution is 2.39. The fourth-order valence-electron chi connectivity index (χ4n) is 3.83. The standard InChI is InChI=1S/C25H30N6O/c1-14-9-8-10-16-19(14)27-22-20(16)29-31-23(28-22)30-26-13-15-11-17(24(2,3)4)21(32)18(12-15)25(5,6)7/h8-13,32H,1-7H3,(H2,27,28,30,31)/b26-13-. The second-order valence-electron chi connectivity index (χ2n) is 10.3. The Hall–Kier alpha value is -3.48. The van der Waals surface area contributed by atoms with Crippen molar-refractivity contribution in [3.63, 3.8) is 0 Å². The predicted molar refractivity (Wildman–Crippen MR) is 131 cm³/mol. The van der Waals surface area contributed by atoms with Crippen molar-refractivity contribution in [1.29, 1.82) is 0 Å². The van der Waals surface area contributed by atoms with E-state index < -0.39 is 0 Å². The Morgan fingerprint density at radius 1 is 1.00 bits per heavy atom. The quantitative estimate of drug-likeness (QED) is 0.292. The summed E-state index contributed by atoms with van der Waals surface area (Å²) in [6.07, 6.45) is 1.72. The van der Waals surface area contributed by atoms with E-state index in [0.717, 1.165) is 38.7 Å². The van der Waals surface area contributed by atoms with Gasteiger partial charge in [0.1, 0.15) is 11.3 Å². The number of hydrogen-bond acceptors (Lipinski definition) is 6. The zero-order valence-corrected chi connectivity index (χ0v) is 19.7. The summed E-state index contributed by atoms with van der Waals surface area (Å²) in [5.74, 6) is 0.658. The molecular weight excluding hydrogens is 400 g/mol. The summed E-state index contributed by atoms with van der Waals surface area (Å²) in [6, 6.07) is 9.99. The summed E-state index contributed by atoms with van der Waals surface area (Å²) in [6.45, 7) is 14.6. The summed E-state index contributed by atoms with van der Waals surface area (Å²) in [4.78, 5) is 7.83. The number of hydrogen-bond donors (Lipinski definition) is 3. The largest absolute Gasteiger partial charge is 0.507 e. The molecule has 0 saturated heterocycles. The Bertz CT molecular complexity index is 1300. The highest BCUT2D eigenvalue weighted by atomic mass is 16.3. The third-order valence-corrected chi connectivity index (χ3v) is 5.58. The van der Waals surface area contributed by atoms with E-state index in [2.05, 4.69) is 72.2 Å². The van der Waals surface area contributed by atoms with Crippen LogP contribution in [0, 0.1) is 6.92 Å². The normalized spacial score (nSPS) is 12.8. The molecule has 0 aliphatic rings. The lowest BCUT2D eigenvalue weighted by molar-refractivity contribution is 0.423. The molecule has 0 radical (unpaired) electrons. The van der Waals surface area contributed by atoms with Gasteiger partial charge in [-0.3, -0.25) is 0 Å². The predicted octanol–water partition coefficient (Wildman–Crippen LogP) is 5.56. The number of aromatic hydroxyl groups is 1. The van der Waals surface area contributed by atoms with Crippen molar-refractivity contribution in [2.45, 2.75) is 59.3 Å². The molecule has 0 bridgehead atoms. The molecule has 4 aromatic rings. The number of nitrogens with zero attached hydrogens (tertiary/aromatic N) is 4. The first kappa shape index (κ1) is 21.7. The van der Waals surface area contributed by atoms with Crippen LogP contribution in [0.4, 0.5) is 5.95 Å². The van der Waals surface area contributed by atoms with Crippen LogP contribution in [0.3, 0.4) is 0 Å². The Morgan fingerprint density at radius 2 is 1.66 bits per heavy atom. The number of fused-ring (bicyclic) bond motifs is 3. The number of anilines is 1. The van der Waals surface area contributed by atoms with E-state index in [-0.39, 0.29) is 10.8 Å². The summed E-state index contributed by atoms with van der Waals surface area (Å²) in [7, 11) is 0. The lowest BCUT2D eigenvalue weighted by atomic mass is 9.78. The fraction of sp³-hybridized carbons (Fsp3) is 0.360. The van der Waals surface area contributed by atoms with E-state index in [1.807, 2.05) is 37.3 Å². The topological polar surface area (TPSA) is 99.1 Å². The first-order valence-electron chi connectivity index (χ1n) is 10.7. The number of aryl methyl sites for hydroxylation is 1. The lowest BCUT2D eigenvalue weighted by Gasteiger charge is -2.27. The van der Waals surface area contributed by atoms with Crippen LogP contribution in [-0.2, 0) is 10.8 Å². The van der Waals surface area contributed by atoms with Crippen LogP contribution in [-0.4, -0.2) is 31.5 Å². The van der Waals surface area contributed by atoms with Crippen molar-refractivity contribution in [3.05, 3.63) is 52.6 Å². The van der Waals surface area contributed by atoms with E-state index in [9.17, 15) is 5.11 Å². The molecular formula is C25H30N6O. The van der Waals surface area contributed by atoms with Crippen LogP contribution >= 0.6 is 0 Å². The smallest absolute Gasteiger partial charge is 0.265 e. The number of rotatable bonds is 3. The van der Waals surface area contributed by atoms with Crippen LogP contribution in [0.2, 0.25) is 0 Å². The Labute approximate surface area is 188 Å². The first-order chi connectivity index (χ1) is 14.9. The molecule has 2 heterocycles. The van der Waals surface area contributed by atoms with E-state index in [0.29, 0.717) is 17.3 Å². The minimum absolute atomic E-state index is 0.201. The number of nitrogens with one attached hydrogen (secondary N) is 2. The van der Waals surface area contributed by atoms with Gasteiger partial charge in [-0.15, -0.1) is 10.2 Å². The van der Waals surface area contributed by atoms with Crippen LogP contribution < -0.4 is 5.43 Å². The number of phenols is 1. The number of aromatic nitrogens is 4. The van der Waals surface area contributed by atoms with Crippen molar-refractivity contribution in [2.24, 2.45) is 5.10 Å². The van der Waals surface area contributed by atoms with E-state index in [1.54, 1.807) is 6.21 Å². The van der Waals surface area contributed by atoms with E-state index >= 15 is 0 Å². The monoisotopic (exact) mass is 430 g/mol. The number of benzene rings is 2. The molecule has 7 nitrogen and oxygen atoms in total. The molecule has 2 aromatic heterocycles. The maximum absolute atomic E-state index is 10.9. The molecule has 2 aromatic carbocycles. The van der Waals surface area contributed by atoms with Crippen LogP contribution in [0.25, 0.3) is 22.1 Å². The second-order valence-corrected chi connectivity index (χ2v) is 10.3. The van der Waals surface area contributed by atoms with Crippen LogP contribution in [0.1, 0.15) is 63.8 Å². The fourth-order valence-corrected chi connectivity index (χ4v) is 3.83. The summed E-state index contributed by atoms with van der Waals surface area (Å²) >= 11 is 0. The molecule has 32 heavy (non-hydrogen) atoms. The number of phenolic OH excluding ortho intramolecular Hbond substituents is 1. The summed E-state index contributed by atoms with van der Waals surface area (Å²) < 4.78 is 0. The molecule has 4 rings (SSSR count). The van der Waals surface area contributed by atoms with E-state index in [4.69, 9.17) is 0 Å². The number of aromatic amines is 1. The molecule has 0 fully saturated rings. The lowest BCUT2D eigenvalue weighted by Crippen LogP contribution is -2.18. The number of H-pyrrole nitrogens is 1. The first-order valence-corrected chi connectivity index (χ1v) is 10.7. The number of para-hydroxylation sites is 1. The van der Waals surface area contributed by atoms with Gasteiger partial charge in [0.2, 0.25) is 0 Å². The van der Waals surface area contributed by atoms with Crippen LogP contribution in [0.5, 0.6) is 5.75 Å². The van der Waals surface area contributed by atoms with Gasteiger partial charge in [-0.1, -0.05) is 59.7 Å². The molecule has 0 saturated carbocycles. The summed E-state index contributed by atoms with van der Waals surface area (Å²) in [5.41, 5.74) is 8.69. The molecule has 7 heteroatoms. The Kier molecular flexibility index (Phi) is 5.15. The van der Waals surface area contributed by atoms with Gasteiger partial charge in [0.05, 0.1) is 11.7 Å². The van der Waals surface area contributed by atoms with Gasteiger partial charge in [0.25, 0.3) is 5.95 Å². The average molecular weight is 431 g/mol. The molecule has 0 unspecified atom stereocenters. The average Bonchev–Trinajstić information content (AvgIpc) is 3.06. The molecule has 0 aliphatic heterocycles. The van der Waals surface area contributed by atoms with Gasteiger partial charge in [-0.05, 0) is 41.0 Å². The molecule has 0 aliphatic carbocycles. The van der Waals surface area contributed by atoms with Crippen LogP contribution in [0.15, 0.2) is 35.4 Å². The highest BCUT2D eigenvalue weighted by molar-refractivity contribution is 6.04. The van der Waals surface area contributed by atoms with Crippen molar-refractivity contribution in [1.82, 2.24) is 20.2 Å². The van der Waals surface area contributed by atoms with Gasteiger partial charge < -0.3 is 10.1 Å². The Morgan fingerprint density at radius 3 is 2.28 bits per heavy atom.